The van der Waals surface area contributed by atoms with E-state index in [1.807, 2.05) is 0 Å². The molecule has 0 radical (unpaired) electrons. The van der Waals surface area contributed by atoms with Gasteiger partial charge in [-0.05, 0) is 36.3 Å². The van der Waals surface area contributed by atoms with Crippen molar-refractivity contribution in [2.45, 2.75) is 90.3 Å². The van der Waals surface area contributed by atoms with Gasteiger partial charge in [-0.3, -0.25) is 0 Å². The Labute approximate surface area is 134 Å². The van der Waals surface area contributed by atoms with Gasteiger partial charge in [0.1, 0.15) is 8.07 Å². The SMILES string of the molecule is CC[Si](C#CC[C@@H](O)CO[Si](C)(C)C(C)(C)C)(CC)CC. The zero-order valence-electron chi connectivity index (χ0n) is 15.5. The fourth-order valence-electron chi connectivity index (χ4n) is 1.95. The number of hydrogen-bond acceptors (Lipinski definition) is 2. The van der Waals surface area contributed by atoms with Crippen molar-refractivity contribution in [2.24, 2.45) is 0 Å². The normalized spacial score (nSPS) is 14.5. The highest BCUT2D eigenvalue weighted by Gasteiger charge is 2.37. The van der Waals surface area contributed by atoms with Crippen LogP contribution in [0.1, 0.15) is 48.0 Å². The summed E-state index contributed by atoms with van der Waals surface area (Å²) in [4.78, 5) is 0. The average Bonchev–Trinajstić information content (AvgIpc) is 2.41. The highest BCUT2D eigenvalue weighted by atomic mass is 28.4. The molecule has 0 bridgehead atoms. The summed E-state index contributed by atoms with van der Waals surface area (Å²) in [6, 6.07) is 3.64. The molecule has 0 amide bonds. The molecule has 0 aliphatic carbocycles. The molecule has 0 rings (SSSR count). The monoisotopic (exact) mass is 328 g/mol. The number of aliphatic hydroxyl groups is 1. The van der Waals surface area contributed by atoms with Crippen LogP contribution in [0.4, 0.5) is 0 Å². The van der Waals surface area contributed by atoms with Crippen molar-refractivity contribution in [3.63, 3.8) is 0 Å². The van der Waals surface area contributed by atoms with Crippen LogP contribution in [-0.2, 0) is 4.43 Å². The Balaban J connectivity index is 4.45. The number of aliphatic hydroxyl groups excluding tert-OH is 1. The van der Waals surface area contributed by atoms with Gasteiger partial charge in [-0.15, -0.1) is 11.5 Å². The van der Waals surface area contributed by atoms with Crippen LogP contribution < -0.4 is 0 Å². The Hall–Kier alpha value is -0.0862. The molecule has 0 aromatic rings. The van der Waals surface area contributed by atoms with E-state index in [0.717, 1.165) is 0 Å². The summed E-state index contributed by atoms with van der Waals surface area (Å²) in [5.41, 5.74) is 3.53. The molecule has 4 heteroatoms. The molecule has 0 aliphatic heterocycles. The van der Waals surface area contributed by atoms with Crippen molar-refractivity contribution >= 4 is 16.4 Å². The fourth-order valence-corrected chi connectivity index (χ4v) is 5.50. The maximum absolute atomic E-state index is 10.1. The molecule has 1 N–H and O–H groups in total. The first kappa shape index (κ1) is 20.9. The summed E-state index contributed by atoms with van der Waals surface area (Å²) in [5, 5.41) is 10.3. The standard InChI is InChI=1S/C17H36O2Si2/c1-9-21(10-2,11-3)14-12-13-16(18)15-19-20(7,8)17(4,5)6/h16,18H,9-11,13,15H2,1-8H3/t16-/m1/s1. The van der Waals surface area contributed by atoms with Crippen LogP contribution in [0.5, 0.6) is 0 Å². The van der Waals surface area contributed by atoms with Crippen molar-refractivity contribution in [3.8, 4) is 11.5 Å². The minimum atomic E-state index is -1.76. The summed E-state index contributed by atoms with van der Waals surface area (Å²) in [5.74, 6) is 3.25. The third kappa shape index (κ3) is 6.69. The molecule has 2 nitrogen and oxygen atoms in total. The predicted octanol–water partition coefficient (Wildman–Crippen LogP) is 4.81. The smallest absolute Gasteiger partial charge is 0.192 e. The second-order valence-corrected chi connectivity index (χ2v) is 17.3. The van der Waals surface area contributed by atoms with Crippen molar-refractivity contribution in [1.29, 1.82) is 0 Å². The van der Waals surface area contributed by atoms with Crippen LogP contribution in [-0.4, -0.2) is 34.2 Å². The maximum Gasteiger partial charge on any atom is 0.192 e. The molecular weight excluding hydrogens is 292 g/mol. The minimum Gasteiger partial charge on any atom is -0.414 e. The molecule has 0 aromatic heterocycles. The summed E-state index contributed by atoms with van der Waals surface area (Å²) in [6.45, 7) is 18.3. The van der Waals surface area contributed by atoms with E-state index < -0.39 is 22.5 Å². The van der Waals surface area contributed by atoms with E-state index in [4.69, 9.17) is 4.43 Å². The lowest BCUT2D eigenvalue weighted by atomic mass is 10.2. The lowest BCUT2D eigenvalue weighted by Crippen LogP contribution is -2.42. The molecule has 0 aromatic carbocycles. The van der Waals surface area contributed by atoms with Gasteiger partial charge in [0.05, 0.1) is 12.7 Å². The second-order valence-electron chi connectivity index (χ2n) is 7.57. The zero-order chi connectivity index (χ0) is 16.7. The minimum absolute atomic E-state index is 0.188. The largest absolute Gasteiger partial charge is 0.414 e. The first-order chi connectivity index (χ1) is 9.53. The Morgan fingerprint density at radius 2 is 1.52 bits per heavy atom. The molecule has 124 valence electrons. The Kier molecular flexibility index (Phi) is 8.49. The van der Waals surface area contributed by atoms with Gasteiger partial charge in [0, 0.05) is 6.42 Å². The zero-order valence-corrected chi connectivity index (χ0v) is 17.5. The summed E-state index contributed by atoms with van der Waals surface area (Å²) >= 11 is 0. The topological polar surface area (TPSA) is 29.5 Å². The summed E-state index contributed by atoms with van der Waals surface area (Å²) in [7, 11) is -3.14. The molecular formula is C17H36O2Si2. The van der Waals surface area contributed by atoms with E-state index >= 15 is 0 Å². The summed E-state index contributed by atoms with van der Waals surface area (Å²) < 4.78 is 6.05. The third-order valence-corrected chi connectivity index (χ3v) is 14.4. The molecule has 1 atom stereocenters. The highest BCUT2D eigenvalue weighted by Crippen LogP contribution is 2.36. The quantitative estimate of drug-likeness (QED) is 0.537. The van der Waals surface area contributed by atoms with E-state index in [1.165, 1.54) is 18.1 Å². The third-order valence-electron chi connectivity index (χ3n) is 5.16. The van der Waals surface area contributed by atoms with E-state index in [0.29, 0.717) is 13.0 Å². The van der Waals surface area contributed by atoms with Crippen LogP contribution in [0.2, 0.25) is 36.3 Å². The van der Waals surface area contributed by atoms with Gasteiger partial charge in [0.25, 0.3) is 0 Å². The van der Waals surface area contributed by atoms with Crippen LogP contribution in [0, 0.1) is 11.5 Å². The highest BCUT2D eigenvalue weighted by molar-refractivity contribution is 6.87. The number of hydrogen-bond donors (Lipinski definition) is 1. The van der Waals surface area contributed by atoms with E-state index in [1.54, 1.807) is 0 Å². The van der Waals surface area contributed by atoms with E-state index in [-0.39, 0.29) is 5.04 Å². The van der Waals surface area contributed by atoms with Gasteiger partial charge in [-0.25, -0.2) is 0 Å². The van der Waals surface area contributed by atoms with Gasteiger partial charge in [0.2, 0.25) is 0 Å². The average molecular weight is 329 g/mol. The molecule has 21 heavy (non-hydrogen) atoms. The van der Waals surface area contributed by atoms with Crippen molar-refractivity contribution < 1.29 is 9.53 Å². The molecule has 0 heterocycles. The molecule has 0 saturated carbocycles. The van der Waals surface area contributed by atoms with Crippen LogP contribution in [0.25, 0.3) is 0 Å². The molecule has 0 saturated heterocycles. The van der Waals surface area contributed by atoms with Crippen molar-refractivity contribution in [1.82, 2.24) is 0 Å². The van der Waals surface area contributed by atoms with Gasteiger partial charge in [0.15, 0.2) is 8.32 Å². The molecule has 0 spiro atoms. The van der Waals surface area contributed by atoms with Gasteiger partial charge < -0.3 is 9.53 Å². The lowest BCUT2D eigenvalue weighted by molar-refractivity contribution is 0.104. The van der Waals surface area contributed by atoms with Crippen LogP contribution in [0.3, 0.4) is 0 Å². The number of rotatable bonds is 7. The fraction of sp³-hybridized carbons (Fsp3) is 0.882. The first-order valence-electron chi connectivity index (χ1n) is 8.35. The van der Waals surface area contributed by atoms with Gasteiger partial charge in [-0.2, -0.15) is 0 Å². The Bertz CT molecular complexity index is 349. The molecule has 0 fully saturated rings. The van der Waals surface area contributed by atoms with E-state index in [2.05, 4.69) is 66.1 Å². The predicted molar refractivity (Wildman–Crippen MR) is 98.7 cm³/mol. The van der Waals surface area contributed by atoms with Crippen molar-refractivity contribution in [3.05, 3.63) is 0 Å². The van der Waals surface area contributed by atoms with Crippen molar-refractivity contribution in [2.75, 3.05) is 6.61 Å². The van der Waals surface area contributed by atoms with Gasteiger partial charge >= 0.3 is 0 Å². The van der Waals surface area contributed by atoms with Crippen LogP contribution in [0.15, 0.2) is 0 Å². The Morgan fingerprint density at radius 1 is 1.05 bits per heavy atom. The molecule has 0 aliphatic rings. The van der Waals surface area contributed by atoms with E-state index in [9.17, 15) is 5.11 Å². The lowest BCUT2D eigenvalue weighted by Gasteiger charge is -2.36. The van der Waals surface area contributed by atoms with Crippen LogP contribution >= 0.6 is 0 Å². The first-order valence-corrected chi connectivity index (χ1v) is 13.9. The summed E-state index contributed by atoms with van der Waals surface area (Å²) in [6.07, 6.45) is 0.0903. The molecule has 0 unspecified atom stereocenters. The maximum atomic E-state index is 10.1. The Morgan fingerprint density at radius 3 is 1.90 bits per heavy atom. The second kappa shape index (κ2) is 8.52. The van der Waals surface area contributed by atoms with Gasteiger partial charge in [-0.1, -0.05) is 41.5 Å².